The number of carbonyl (C=O) groups is 4. The van der Waals surface area contributed by atoms with Gasteiger partial charge in [0.2, 0.25) is 0 Å². The Kier molecular flexibility index (Phi) is 29.3. The number of aliphatic hydroxyl groups excluding tert-OH is 4. The molecule has 7 N–H and O–H groups in total. The first-order valence-electron chi connectivity index (χ1n) is 7.18. The molecule has 0 saturated heterocycles. The first-order chi connectivity index (χ1) is 11.6. The van der Waals surface area contributed by atoms with E-state index in [1.807, 2.05) is 0 Å². The Balaban J connectivity index is -0.0000000794. The second-order valence-electron chi connectivity index (χ2n) is 4.47. The van der Waals surface area contributed by atoms with Gasteiger partial charge in [-0.15, -0.1) is 0 Å². The van der Waals surface area contributed by atoms with Gasteiger partial charge >= 0.3 is 23.9 Å². The molecule has 0 bridgehead atoms. The quantitative estimate of drug-likeness (QED) is 0.173. The Morgan fingerprint density at radius 3 is 0.889 bits per heavy atom. The molecule has 0 aliphatic heterocycles. The molecule has 0 radical (unpaired) electrons. The second-order valence-corrected chi connectivity index (χ2v) is 4.47. The van der Waals surface area contributed by atoms with E-state index in [4.69, 9.17) is 35.7 Å². The van der Waals surface area contributed by atoms with Crippen molar-refractivity contribution in [1.29, 1.82) is 0 Å². The van der Waals surface area contributed by atoms with Gasteiger partial charge in [-0.3, -0.25) is 0 Å². The highest BCUT2D eigenvalue weighted by molar-refractivity contribution is 5.75. The highest BCUT2D eigenvalue weighted by Gasteiger charge is 2.07. The molecule has 0 aromatic heterocycles. The van der Waals surface area contributed by atoms with E-state index in [0.29, 0.717) is 6.61 Å². The normalized spacial score (nSPS) is 12.9. The molecule has 4 atom stereocenters. The first-order valence-corrected chi connectivity index (χ1v) is 7.18. The maximum Gasteiger partial charge on any atom is 0.334 e. The van der Waals surface area contributed by atoms with Crippen LogP contribution in [0, 0.1) is 0 Å². The molecule has 0 saturated carbocycles. The summed E-state index contributed by atoms with van der Waals surface area (Å²) in [6, 6.07) is 0. The lowest BCUT2D eigenvalue weighted by molar-refractivity contribution is -0.152. The molecule has 0 rings (SSSR count). The fourth-order valence-corrected chi connectivity index (χ4v) is 0.263. The fourth-order valence-electron chi connectivity index (χ4n) is 0.263. The summed E-state index contributed by atoms with van der Waals surface area (Å²) in [5, 5.41) is 55.8. The van der Waals surface area contributed by atoms with E-state index in [1.165, 1.54) is 27.7 Å². The summed E-state index contributed by atoms with van der Waals surface area (Å²) < 4.78 is 4.41. The van der Waals surface area contributed by atoms with Gasteiger partial charge in [0, 0.05) is 0 Å². The van der Waals surface area contributed by atoms with Crippen LogP contribution in [0.3, 0.4) is 0 Å². The molecule has 0 spiro atoms. The zero-order chi connectivity index (χ0) is 22.0. The van der Waals surface area contributed by atoms with Crippen LogP contribution in [0.1, 0.15) is 34.6 Å². The highest BCUT2D eigenvalue weighted by atomic mass is 28.1. The summed E-state index contributed by atoms with van der Waals surface area (Å²) >= 11 is 0. The van der Waals surface area contributed by atoms with Crippen LogP contribution in [-0.2, 0) is 23.9 Å². The summed E-state index contributed by atoms with van der Waals surface area (Å²) in [7, 11) is 0. The Hall–Kier alpha value is -2.06. The van der Waals surface area contributed by atoms with Crippen molar-refractivity contribution in [2.45, 2.75) is 59.0 Å². The van der Waals surface area contributed by atoms with E-state index in [0.717, 1.165) is 0 Å². The van der Waals surface area contributed by atoms with Crippen LogP contribution in [0.5, 0.6) is 0 Å². The number of ether oxygens (including phenoxy) is 1. The smallest absolute Gasteiger partial charge is 0.334 e. The number of aliphatic carboxylic acids is 3. The van der Waals surface area contributed by atoms with Gasteiger partial charge in [-0.1, -0.05) is 0 Å². The van der Waals surface area contributed by atoms with Crippen LogP contribution in [0.25, 0.3) is 0 Å². The molecule has 13 heteroatoms. The minimum Gasteiger partial charge on any atom is -0.479 e. The number of aliphatic hydroxyl groups is 4. The molecule has 27 heavy (non-hydrogen) atoms. The molecule has 0 heterocycles. The van der Waals surface area contributed by atoms with E-state index < -0.39 is 48.3 Å². The number of hydrogen-bond acceptors (Lipinski definition) is 9. The van der Waals surface area contributed by atoms with Gasteiger partial charge in [-0.25, -0.2) is 19.2 Å². The molecule has 0 fully saturated rings. The number of esters is 1. The van der Waals surface area contributed by atoms with Gasteiger partial charge in [0.25, 0.3) is 0 Å². The van der Waals surface area contributed by atoms with Gasteiger partial charge in [0.15, 0.2) is 0 Å². The lowest BCUT2D eigenvalue weighted by atomic mass is 10.4. The van der Waals surface area contributed by atoms with Crippen LogP contribution in [0.4, 0.5) is 0 Å². The van der Waals surface area contributed by atoms with E-state index in [2.05, 4.69) is 4.74 Å². The SMILES string of the molecule is CC(O)C(=O)O.CC(O)C(=O)O.CC(O)C(=O)O.CCOC(=O)C(C)O.[SiH4]. The van der Waals surface area contributed by atoms with Crippen molar-refractivity contribution in [3.8, 4) is 0 Å². The lowest BCUT2D eigenvalue weighted by Crippen LogP contribution is -2.18. The van der Waals surface area contributed by atoms with Crippen LogP contribution in [-0.4, -0.2) is 102 Å². The fraction of sp³-hybridized carbons (Fsp3) is 0.714. The van der Waals surface area contributed by atoms with Crippen LogP contribution in [0.15, 0.2) is 0 Å². The molecule has 0 aliphatic carbocycles. The minimum atomic E-state index is -1.23. The zero-order valence-electron chi connectivity index (χ0n) is 15.2. The van der Waals surface area contributed by atoms with Gasteiger partial charge in [-0.05, 0) is 45.6 Å². The summed E-state index contributed by atoms with van der Waals surface area (Å²) in [5.41, 5.74) is 0. The van der Waals surface area contributed by atoms with Crippen molar-refractivity contribution in [2.75, 3.05) is 6.61 Å². The Bertz CT molecular complexity index is 364. The third-order valence-electron chi connectivity index (χ3n) is 1.70. The van der Waals surface area contributed by atoms with Gasteiger partial charge in [-0.2, -0.15) is 0 Å². The topological polar surface area (TPSA) is 219 Å². The molecular weight excluding hydrogens is 388 g/mol. The van der Waals surface area contributed by atoms with E-state index in [1.54, 1.807) is 6.92 Å². The lowest BCUT2D eigenvalue weighted by Gasteiger charge is -2.01. The monoisotopic (exact) mass is 420 g/mol. The van der Waals surface area contributed by atoms with Crippen LogP contribution in [0.2, 0.25) is 0 Å². The summed E-state index contributed by atoms with van der Waals surface area (Å²) in [6.45, 7) is 6.98. The van der Waals surface area contributed by atoms with E-state index in [-0.39, 0.29) is 11.0 Å². The van der Waals surface area contributed by atoms with E-state index in [9.17, 15) is 19.2 Å². The van der Waals surface area contributed by atoms with E-state index >= 15 is 0 Å². The average Bonchev–Trinajstić information content (AvgIpc) is 2.48. The molecule has 164 valence electrons. The number of carbonyl (C=O) groups excluding carboxylic acids is 1. The largest absolute Gasteiger partial charge is 0.479 e. The Morgan fingerprint density at radius 1 is 0.667 bits per heavy atom. The standard InChI is InChI=1S/C5H10O3.3C3H6O3.H4Si/c1-3-8-5(7)4(2)6;3*1-2(4)3(5)6;/h4,6H,3H2,1-2H3;3*2,4H,1H3,(H,5,6);1H4. The Morgan fingerprint density at radius 2 is 0.852 bits per heavy atom. The van der Waals surface area contributed by atoms with Gasteiger partial charge < -0.3 is 40.5 Å². The predicted octanol–water partition coefficient (Wildman–Crippen LogP) is -3.17. The van der Waals surface area contributed by atoms with Crippen molar-refractivity contribution in [3.63, 3.8) is 0 Å². The summed E-state index contributed by atoms with van der Waals surface area (Å²) in [4.78, 5) is 38.6. The van der Waals surface area contributed by atoms with Crippen molar-refractivity contribution in [3.05, 3.63) is 0 Å². The molecule has 0 aromatic rings. The molecular formula is C14H32O12Si. The summed E-state index contributed by atoms with van der Waals surface area (Å²) in [5.74, 6) is -4.12. The third kappa shape index (κ3) is 40.2. The number of rotatable bonds is 5. The number of hydrogen-bond donors (Lipinski definition) is 7. The molecule has 0 aliphatic rings. The molecule has 12 nitrogen and oxygen atoms in total. The third-order valence-corrected chi connectivity index (χ3v) is 1.70. The van der Waals surface area contributed by atoms with Gasteiger partial charge in [0.1, 0.15) is 24.4 Å². The average molecular weight is 420 g/mol. The minimum absolute atomic E-state index is 0. The summed E-state index contributed by atoms with van der Waals surface area (Å²) in [6.07, 6.45) is -4.69. The second kappa shape index (κ2) is 22.0. The van der Waals surface area contributed by atoms with Crippen molar-refractivity contribution >= 4 is 34.8 Å². The maximum atomic E-state index is 10.3. The molecule has 0 aromatic carbocycles. The van der Waals surface area contributed by atoms with Crippen LogP contribution >= 0.6 is 0 Å². The molecule has 4 unspecified atom stereocenters. The number of carboxylic acid groups (broad SMARTS) is 3. The Labute approximate surface area is 161 Å². The zero-order valence-corrected chi connectivity index (χ0v) is 15.2. The predicted molar refractivity (Wildman–Crippen MR) is 97.6 cm³/mol. The van der Waals surface area contributed by atoms with Crippen LogP contribution < -0.4 is 0 Å². The van der Waals surface area contributed by atoms with Crippen molar-refractivity contribution < 1.29 is 59.7 Å². The van der Waals surface area contributed by atoms with Crippen molar-refractivity contribution in [1.82, 2.24) is 0 Å². The first kappa shape index (κ1) is 35.9. The van der Waals surface area contributed by atoms with Gasteiger partial charge in [0.05, 0.1) is 6.61 Å². The maximum absolute atomic E-state index is 10.3. The van der Waals surface area contributed by atoms with Crippen molar-refractivity contribution in [2.24, 2.45) is 0 Å². The number of carboxylic acids is 3. The highest BCUT2D eigenvalue weighted by Crippen LogP contribution is 1.84. The molecule has 0 amide bonds.